The molecule has 1 aliphatic heterocycles. The van der Waals surface area contributed by atoms with Crippen LogP contribution in [0.15, 0.2) is 24.5 Å². The minimum Gasteiger partial charge on any atom is -0.470 e. The largest absolute Gasteiger partial charge is 0.470 e. The Kier molecular flexibility index (Phi) is 1.36. The van der Waals surface area contributed by atoms with Crippen molar-refractivity contribution in [2.45, 2.75) is 5.72 Å². The number of hydrogen-bond acceptors (Lipinski definition) is 3. The summed E-state index contributed by atoms with van der Waals surface area (Å²) in [7, 11) is 0. The lowest BCUT2D eigenvalue weighted by Crippen LogP contribution is -2.41. The summed E-state index contributed by atoms with van der Waals surface area (Å²) in [6.45, 7) is 0. The summed E-state index contributed by atoms with van der Waals surface area (Å²) in [5.41, 5.74) is 4.10. The van der Waals surface area contributed by atoms with Crippen LogP contribution in [0.5, 0.6) is 0 Å². The summed E-state index contributed by atoms with van der Waals surface area (Å²) in [6, 6.07) is 0. The average Bonchev–Trinajstić information content (AvgIpc) is 1.90. The van der Waals surface area contributed by atoms with Gasteiger partial charge in [-0.1, -0.05) is 6.08 Å². The molecule has 1 unspecified atom stereocenters. The minimum absolute atomic E-state index is 0.549. The van der Waals surface area contributed by atoms with Gasteiger partial charge in [0.25, 0.3) is 0 Å². The van der Waals surface area contributed by atoms with Crippen LogP contribution >= 0.6 is 0 Å². The first kappa shape index (κ1) is 6.04. The second-order valence-corrected chi connectivity index (χ2v) is 1.78. The van der Waals surface area contributed by atoms with Crippen LogP contribution in [0, 0.1) is 0 Å². The maximum atomic E-state index is 10.1. The molecule has 0 amide bonds. The summed E-state index contributed by atoms with van der Waals surface area (Å²) in [6.07, 6.45) is 6.74. The highest BCUT2D eigenvalue weighted by Crippen LogP contribution is 2.06. The van der Waals surface area contributed by atoms with Crippen molar-refractivity contribution in [3.8, 4) is 0 Å². The van der Waals surface area contributed by atoms with Crippen LogP contribution in [-0.4, -0.2) is 12.0 Å². The van der Waals surface area contributed by atoms with Crippen LogP contribution in [0.2, 0.25) is 0 Å². The molecule has 48 valence electrons. The second-order valence-electron chi connectivity index (χ2n) is 1.78. The molecule has 0 saturated heterocycles. The number of aldehydes is 1. The van der Waals surface area contributed by atoms with E-state index in [9.17, 15) is 4.79 Å². The molecule has 3 nitrogen and oxygen atoms in total. The molecule has 0 fully saturated rings. The van der Waals surface area contributed by atoms with Gasteiger partial charge in [0, 0.05) is 0 Å². The number of hydrogen-bond donors (Lipinski definition) is 1. The first-order valence-corrected chi connectivity index (χ1v) is 2.54. The Morgan fingerprint density at radius 1 is 1.56 bits per heavy atom. The van der Waals surface area contributed by atoms with E-state index in [1.807, 2.05) is 0 Å². The zero-order chi connectivity index (χ0) is 6.74. The quantitative estimate of drug-likeness (QED) is 0.499. The Morgan fingerprint density at radius 3 is 2.67 bits per heavy atom. The summed E-state index contributed by atoms with van der Waals surface area (Å²) >= 11 is 0. The number of carbonyl (C=O) groups excluding carboxylic acids is 1. The molecule has 1 heterocycles. The lowest BCUT2D eigenvalue weighted by atomic mass is 10.2. The van der Waals surface area contributed by atoms with Gasteiger partial charge in [-0.3, -0.25) is 10.5 Å². The molecule has 0 aromatic carbocycles. The fourth-order valence-electron chi connectivity index (χ4n) is 0.515. The van der Waals surface area contributed by atoms with E-state index < -0.39 is 5.72 Å². The molecule has 1 atom stereocenters. The molecule has 0 radical (unpaired) electrons. The zero-order valence-electron chi connectivity index (χ0n) is 4.78. The van der Waals surface area contributed by atoms with Crippen molar-refractivity contribution in [2.24, 2.45) is 5.73 Å². The lowest BCUT2D eigenvalue weighted by Gasteiger charge is -2.19. The van der Waals surface area contributed by atoms with Gasteiger partial charge < -0.3 is 4.74 Å². The number of nitrogens with two attached hydrogens (primary N) is 1. The molecule has 0 saturated carbocycles. The molecule has 2 N–H and O–H groups in total. The normalized spacial score (nSPS) is 31.7. The Hall–Kier alpha value is -1.09. The molecule has 1 aliphatic rings. The van der Waals surface area contributed by atoms with Crippen molar-refractivity contribution in [1.82, 2.24) is 0 Å². The average molecular weight is 125 g/mol. The van der Waals surface area contributed by atoms with E-state index in [1.165, 1.54) is 12.3 Å². The third-order valence-electron chi connectivity index (χ3n) is 1.00. The monoisotopic (exact) mass is 125 g/mol. The molecular formula is C6H7NO2. The number of allylic oxidation sites excluding steroid dienone is 2. The molecule has 0 aromatic rings. The van der Waals surface area contributed by atoms with Crippen molar-refractivity contribution in [1.29, 1.82) is 0 Å². The highest BCUT2D eigenvalue weighted by Gasteiger charge is 2.21. The molecular weight excluding hydrogens is 118 g/mol. The summed E-state index contributed by atoms with van der Waals surface area (Å²) in [5, 5.41) is 0. The lowest BCUT2D eigenvalue weighted by molar-refractivity contribution is -0.120. The van der Waals surface area contributed by atoms with Crippen LogP contribution < -0.4 is 5.73 Å². The molecule has 0 spiro atoms. The summed E-state index contributed by atoms with van der Waals surface area (Å²) in [5.74, 6) is 0. The van der Waals surface area contributed by atoms with Crippen molar-refractivity contribution in [2.75, 3.05) is 0 Å². The summed E-state index contributed by atoms with van der Waals surface area (Å²) in [4.78, 5) is 10.1. The van der Waals surface area contributed by atoms with E-state index in [4.69, 9.17) is 10.5 Å². The molecule has 0 aromatic heterocycles. The van der Waals surface area contributed by atoms with Crippen LogP contribution in [0.4, 0.5) is 0 Å². The van der Waals surface area contributed by atoms with Crippen molar-refractivity contribution in [3.63, 3.8) is 0 Å². The van der Waals surface area contributed by atoms with Gasteiger partial charge >= 0.3 is 0 Å². The zero-order valence-corrected chi connectivity index (χ0v) is 4.78. The first-order valence-electron chi connectivity index (χ1n) is 2.54. The fourth-order valence-corrected chi connectivity index (χ4v) is 0.515. The van der Waals surface area contributed by atoms with Crippen LogP contribution in [-0.2, 0) is 9.53 Å². The third kappa shape index (κ3) is 1.17. The molecule has 9 heavy (non-hydrogen) atoms. The highest BCUT2D eigenvalue weighted by atomic mass is 16.5. The van der Waals surface area contributed by atoms with Gasteiger partial charge in [0.2, 0.25) is 5.72 Å². The van der Waals surface area contributed by atoms with E-state index >= 15 is 0 Å². The van der Waals surface area contributed by atoms with Gasteiger partial charge in [-0.25, -0.2) is 0 Å². The fraction of sp³-hybridized carbons (Fsp3) is 0.167. The topological polar surface area (TPSA) is 52.3 Å². The maximum Gasteiger partial charge on any atom is 0.233 e. The van der Waals surface area contributed by atoms with Crippen molar-refractivity contribution < 1.29 is 9.53 Å². The third-order valence-corrected chi connectivity index (χ3v) is 1.00. The summed E-state index contributed by atoms with van der Waals surface area (Å²) < 4.78 is 4.76. The Bertz CT molecular complexity index is 174. The van der Waals surface area contributed by atoms with Crippen molar-refractivity contribution >= 4 is 6.29 Å². The maximum absolute atomic E-state index is 10.1. The molecule has 3 heteroatoms. The van der Waals surface area contributed by atoms with Crippen LogP contribution in [0.1, 0.15) is 0 Å². The number of ether oxygens (including phenoxy) is 1. The predicted molar refractivity (Wildman–Crippen MR) is 32.3 cm³/mol. The Balaban J connectivity index is 2.73. The molecule has 0 aliphatic carbocycles. The van der Waals surface area contributed by atoms with Gasteiger partial charge in [0.1, 0.15) is 0 Å². The minimum atomic E-state index is -1.23. The van der Waals surface area contributed by atoms with Gasteiger partial charge in [-0.15, -0.1) is 0 Å². The molecule has 0 bridgehead atoms. The van der Waals surface area contributed by atoms with Gasteiger partial charge in [0.05, 0.1) is 6.26 Å². The van der Waals surface area contributed by atoms with E-state index in [0.29, 0.717) is 6.29 Å². The van der Waals surface area contributed by atoms with E-state index in [-0.39, 0.29) is 0 Å². The number of rotatable bonds is 1. The molecule has 1 rings (SSSR count). The van der Waals surface area contributed by atoms with E-state index in [2.05, 4.69) is 0 Å². The smallest absolute Gasteiger partial charge is 0.233 e. The predicted octanol–water partition coefficient (Wildman–Crippen LogP) is -0.0596. The van der Waals surface area contributed by atoms with Crippen molar-refractivity contribution in [3.05, 3.63) is 24.5 Å². The Morgan fingerprint density at radius 2 is 2.33 bits per heavy atom. The van der Waals surface area contributed by atoms with E-state index in [0.717, 1.165) is 0 Å². The van der Waals surface area contributed by atoms with Gasteiger partial charge in [-0.2, -0.15) is 0 Å². The number of carbonyl (C=O) groups is 1. The highest BCUT2D eigenvalue weighted by molar-refractivity contribution is 5.65. The van der Waals surface area contributed by atoms with Gasteiger partial charge in [-0.05, 0) is 12.2 Å². The van der Waals surface area contributed by atoms with E-state index in [1.54, 1.807) is 12.2 Å². The SMILES string of the molecule is NC1(C=O)C=CC=CO1. The van der Waals surface area contributed by atoms with Crippen LogP contribution in [0.25, 0.3) is 0 Å². The van der Waals surface area contributed by atoms with Crippen LogP contribution in [0.3, 0.4) is 0 Å². The first-order chi connectivity index (χ1) is 4.27. The van der Waals surface area contributed by atoms with Gasteiger partial charge in [0.15, 0.2) is 6.29 Å². The Labute approximate surface area is 52.8 Å². The second kappa shape index (κ2) is 2.03. The standard InChI is InChI=1S/C6H7NO2/c7-6(5-8)3-1-2-4-9-6/h1-5H,7H2.